The van der Waals surface area contributed by atoms with Gasteiger partial charge in [-0.05, 0) is 75.8 Å². The summed E-state index contributed by atoms with van der Waals surface area (Å²) in [5.74, 6) is 0. The van der Waals surface area contributed by atoms with E-state index < -0.39 is 0 Å². The van der Waals surface area contributed by atoms with E-state index in [2.05, 4.69) is 88.4 Å². The van der Waals surface area contributed by atoms with Crippen LogP contribution in [0.3, 0.4) is 0 Å². The number of fused-ring (bicyclic) bond motifs is 4. The van der Waals surface area contributed by atoms with Crippen LogP contribution in [0.2, 0.25) is 5.02 Å². The molecule has 1 aliphatic carbocycles. The third-order valence-electron chi connectivity index (χ3n) is 7.84. The van der Waals surface area contributed by atoms with Crippen LogP contribution in [0.4, 0.5) is 0 Å². The third-order valence-corrected chi connectivity index (χ3v) is 8.16. The van der Waals surface area contributed by atoms with Crippen molar-refractivity contribution < 1.29 is 4.42 Å². The monoisotopic (exact) mass is 464 g/mol. The van der Waals surface area contributed by atoms with Crippen molar-refractivity contribution in [3.63, 3.8) is 0 Å². The summed E-state index contributed by atoms with van der Waals surface area (Å²) >= 11 is 6.88. The number of para-hydroxylation sites is 1. The maximum atomic E-state index is 6.88. The van der Waals surface area contributed by atoms with Gasteiger partial charge >= 0.3 is 0 Å². The van der Waals surface area contributed by atoms with Gasteiger partial charge in [0, 0.05) is 21.4 Å². The van der Waals surface area contributed by atoms with Gasteiger partial charge in [-0.2, -0.15) is 0 Å². The molecule has 34 heavy (non-hydrogen) atoms. The molecule has 0 atom stereocenters. The SMILES string of the molecule is CC1(C)CCC(C)(C)c2cc(-c3cccc(Cl)c3-c3ccc4oc5ccccc5c4c3)ccc21. The fourth-order valence-electron chi connectivity index (χ4n) is 5.70. The smallest absolute Gasteiger partial charge is 0.135 e. The lowest BCUT2D eigenvalue weighted by Crippen LogP contribution is -2.33. The van der Waals surface area contributed by atoms with E-state index >= 15 is 0 Å². The summed E-state index contributed by atoms with van der Waals surface area (Å²) in [4.78, 5) is 0. The van der Waals surface area contributed by atoms with Gasteiger partial charge in [-0.1, -0.05) is 93.9 Å². The molecular formula is C32H29ClO. The first-order valence-corrected chi connectivity index (χ1v) is 12.5. The Balaban J connectivity index is 1.56. The Morgan fingerprint density at radius 1 is 0.647 bits per heavy atom. The predicted molar refractivity (Wildman–Crippen MR) is 145 cm³/mol. The van der Waals surface area contributed by atoms with Gasteiger partial charge < -0.3 is 4.42 Å². The number of hydrogen-bond donors (Lipinski definition) is 0. The molecule has 6 rings (SSSR count). The maximum Gasteiger partial charge on any atom is 0.135 e. The lowest BCUT2D eigenvalue weighted by molar-refractivity contribution is 0.332. The van der Waals surface area contributed by atoms with Gasteiger partial charge in [-0.3, -0.25) is 0 Å². The Hall–Kier alpha value is -3.03. The highest BCUT2D eigenvalue weighted by atomic mass is 35.5. The molecule has 4 aromatic carbocycles. The quantitative estimate of drug-likeness (QED) is 0.253. The topological polar surface area (TPSA) is 13.1 Å². The molecule has 0 radical (unpaired) electrons. The van der Waals surface area contributed by atoms with E-state index in [1.165, 1.54) is 35.1 Å². The molecule has 0 saturated heterocycles. The largest absolute Gasteiger partial charge is 0.456 e. The van der Waals surface area contributed by atoms with Crippen LogP contribution >= 0.6 is 11.6 Å². The molecule has 0 aliphatic heterocycles. The molecular weight excluding hydrogens is 436 g/mol. The average molecular weight is 465 g/mol. The molecule has 0 unspecified atom stereocenters. The molecule has 170 valence electrons. The van der Waals surface area contributed by atoms with E-state index in [1.807, 2.05) is 18.2 Å². The predicted octanol–water partition coefficient (Wildman–Crippen LogP) is 9.92. The number of benzene rings is 4. The van der Waals surface area contributed by atoms with Crippen molar-refractivity contribution in [1.29, 1.82) is 0 Å². The van der Waals surface area contributed by atoms with Crippen molar-refractivity contribution in [1.82, 2.24) is 0 Å². The summed E-state index contributed by atoms with van der Waals surface area (Å²) in [5.41, 5.74) is 9.68. The summed E-state index contributed by atoms with van der Waals surface area (Å²) in [6.07, 6.45) is 2.41. The van der Waals surface area contributed by atoms with Crippen LogP contribution in [-0.2, 0) is 10.8 Å². The summed E-state index contributed by atoms with van der Waals surface area (Å²) < 4.78 is 6.06. The minimum atomic E-state index is 0.161. The van der Waals surface area contributed by atoms with Crippen LogP contribution in [0.1, 0.15) is 51.7 Å². The van der Waals surface area contributed by atoms with Gasteiger partial charge in [-0.15, -0.1) is 0 Å². The summed E-state index contributed by atoms with van der Waals surface area (Å²) in [6.45, 7) is 9.50. The van der Waals surface area contributed by atoms with E-state index in [9.17, 15) is 0 Å². The molecule has 1 heterocycles. The van der Waals surface area contributed by atoms with E-state index in [0.29, 0.717) is 0 Å². The van der Waals surface area contributed by atoms with Crippen LogP contribution in [0.15, 0.2) is 83.3 Å². The second kappa shape index (κ2) is 7.48. The molecule has 2 heteroatoms. The first-order chi connectivity index (χ1) is 16.2. The number of halogens is 1. The minimum Gasteiger partial charge on any atom is -0.456 e. The number of rotatable bonds is 2. The Labute approximate surface area is 206 Å². The van der Waals surface area contributed by atoms with E-state index in [1.54, 1.807) is 0 Å². The van der Waals surface area contributed by atoms with E-state index in [0.717, 1.165) is 38.1 Å². The molecule has 0 bridgehead atoms. The molecule has 0 spiro atoms. The van der Waals surface area contributed by atoms with Gasteiger partial charge in [0.1, 0.15) is 11.2 Å². The van der Waals surface area contributed by atoms with Crippen LogP contribution < -0.4 is 0 Å². The second-order valence-electron chi connectivity index (χ2n) is 11.0. The van der Waals surface area contributed by atoms with Crippen molar-refractivity contribution in [3.8, 4) is 22.3 Å². The van der Waals surface area contributed by atoms with Gasteiger partial charge in [0.25, 0.3) is 0 Å². The first-order valence-electron chi connectivity index (χ1n) is 12.1. The van der Waals surface area contributed by atoms with Crippen molar-refractivity contribution >= 4 is 33.5 Å². The van der Waals surface area contributed by atoms with Gasteiger partial charge in [0.15, 0.2) is 0 Å². The fourth-order valence-corrected chi connectivity index (χ4v) is 5.98. The Bertz CT molecular complexity index is 1570. The Morgan fingerprint density at radius 2 is 1.35 bits per heavy atom. The lowest BCUT2D eigenvalue weighted by atomic mass is 9.63. The fraction of sp³-hybridized carbons (Fsp3) is 0.250. The first kappa shape index (κ1) is 21.5. The molecule has 5 aromatic rings. The van der Waals surface area contributed by atoms with E-state index in [-0.39, 0.29) is 10.8 Å². The lowest BCUT2D eigenvalue weighted by Gasteiger charge is -2.42. The second-order valence-corrected chi connectivity index (χ2v) is 11.4. The summed E-state index contributed by atoms with van der Waals surface area (Å²) in [7, 11) is 0. The summed E-state index contributed by atoms with van der Waals surface area (Å²) in [6, 6.07) is 27.9. The minimum absolute atomic E-state index is 0.161. The van der Waals surface area contributed by atoms with Gasteiger partial charge in [0.2, 0.25) is 0 Å². The van der Waals surface area contributed by atoms with Gasteiger partial charge in [0.05, 0.1) is 0 Å². The van der Waals surface area contributed by atoms with Gasteiger partial charge in [-0.25, -0.2) is 0 Å². The van der Waals surface area contributed by atoms with Crippen molar-refractivity contribution in [2.75, 3.05) is 0 Å². The Kier molecular flexibility index (Phi) is 4.73. The molecule has 1 nitrogen and oxygen atoms in total. The zero-order valence-electron chi connectivity index (χ0n) is 20.2. The molecule has 0 amide bonds. The number of furan rings is 1. The maximum absolute atomic E-state index is 6.88. The standard InChI is InChI=1S/C32H29ClO/c1-31(2)16-17-32(3,4)26-19-20(12-14-25(26)31)22-9-7-10-27(33)30(22)21-13-15-29-24(18-21)23-8-5-6-11-28(23)34-29/h5-15,18-19H,16-17H2,1-4H3. The number of hydrogen-bond acceptors (Lipinski definition) is 1. The van der Waals surface area contributed by atoms with Crippen LogP contribution in [0.25, 0.3) is 44.2 Å². The molecule has 0 fully saturated rings. The van der Waals surface area contributed by atoms with Crippen LogP contribution in [0, 0.1) is 0 Å². The Morgan fingerprint density at radius 3 is 2.18 bits per heavy atom. The highest BCUT2D eigenvalue weighted by molar-refractivity contribution is 6.34. The van der Waals surface area contributed by atoms with Crippen molar-refractivity contribution in [2.45, 2.75) is 51.4 Å². The molecule has 1 aliphatic rings. The zero-order valence-corrected chi connectivity index (χ0v) is 21.0. The molecule has 1 aromatic heterocycles. The molecule has 0 N–H and O–H groups in total. The highest BCUT2D eigenvalue weighted by Gasteiger charge is 2.37. The average Bonchev–Trinajstić information content (AvgIpc) is 3.20. The van der Waals surface area contributed by atoms with Crippen molar-refractivity contribution in [2.24, 2.45) is 0 Å². The van der Waals surface area contributed by atoms with Crippen molar-refractivity contribution in [3.05, 3.63) is 95.0 Å². The third kappa shape index (κ3) is 3.29. The highest BCUT2D eigenvalue weighted by Crippen LogP contribution is 2.48. The van der Waals surface area contributed by atoms with Crippen LogP contribution in [0.5, 0.6) is 0 Å². The normalized spacial score (nSPS) is 16.6. The summed E-state index contributed by atoms with van der Waals surface area (Å²) in [5, 5.41) is 3.01. The molecule has 0 saturated carbocycles. The van der Waals surface area contributed by atoms with Crippen LogP contribution in [-0.4, -0.2) is 0 Å². The van der Waals surface area contributed by atoms with E-state index in [4.69, 9.17) is 16.0 Å². The zero-order chi connectivity index (χ0) is 23.7.